The molecule has 0 unspecified atom stereocenters. The molecule has 0 aliphatic heterocycles. The summed E-state index contributed by atoms with van der Waals surface area (Å²) in [5.74, 6) is 0. The van der Waals surface area contributed by atoms with Gasteiger partial charge in [-0.3, -0.25) is 0 Å². The van der Waals surface area contributed by atoms with Gasteiger partial charge in [0.25, 0.3) is 0 Å². The maximum Gasteiger partial charge on any atom is 0.0364 e. The second-order valence-corrected chi connectivity index (χ2v) is 12.2. The Balaban J connectivity index is 1.91. The zero-order chi connectivity index (χ0) is 23.0. The molecular weight excluding hydrogens is 588 g/mol. The van der Waals surface area contributed by atoms with Crippen molar-refractivity contribution in [3.63, 3.8) is 0 Å². The summed E-state index contributed by atoms with van der Waals surface area (Å²) in [6.07, 6.45) is 18.7. The van der Waals surface area contributed by atoms with Crippen LogP contribution >= 0.6 is 47.8 Å². The molecule has 1 aliphatic carbocycles. The molecule has 2 aromatic rings. The molecule has 1 aliphatic rings. The zero-order valence-electron chi connectivity index (χ0n) is 19.9. The number of hydrogen-bond acceptors (Lipinski definition) is 0. The predicted molar refractivity (Wildman–Crippen MR) is 152 cm³/mol. The smallest absolute Gasteiger partial charge is 0.0364 e. The van der Waals surface area contributed by atoms with E-state index in [1.54, 1.807) is 5.56 Å². The first-order valence-corrected chi connectivity index (χ1v) is 15.2. The van der Waals surface area contributed by atoms with Gasteiger partial charge < -0.3 is 0 Å². The number of benzene rings is 2. The van der Waals surface area contributed by atoms with E-state index in [9.17, 15) is 0 Å². The van der Waals surface area contributed by atoms with E-state index in [1.807, 2.05) is 0 Å². The van der Waals surface area contributed by atoms with E-state index in [0.717, 1.165) is 0 Å². The lowest BCUT2D eigenvalue weighted by atomic mass is 9.70. The first-order valence-electron chi connectivity index (χ1n) is 12.8. The van der Waals surface area contributed by atoms with E-state index < -0.39 is 0 Å². The summed E-state index contributed by atoms with van der Waals surface area (Å²) in [5, 5.41) is 0. The topological polar surface area (TPSA) is 0 Å². The SMILES string of the molecule is CCCCCCCCC1(CCCCCCCC)c2cc(Br)ccc2-c2ccc(Br)c(Br)c21. The molecule has 0 saturated carbocycles. The fourth-order valence-corrected chi connectivity index (χ4v) is 7.00. The minimum absolute atomic E-state index is 0.118. The van der Waals surface area contributed by atoms with Crippen molar-refractivity contribution in [3.05, 3.63) is 54.9 Å². The monoisotopic (exact) mass is 624 g/mol. The third-order valence-electron chi connectivity index (χ3n) is 7.27. The highest BCUT2D eigenvalue weighted by molar-refractivity contribution is 9.13. The maximum atomic E-state index is 4.01. The maximum absolute atomic E-state index is 4.01. The fraction of sp³-hybridized carbons (Fsp3) is 0.586. The first kappa shape index (κ1) is 26.5. The van der Waals surface area contributed by atoms with Crippen LogP contribution in [0, 0.1) is 0 Å². The summed E-state index contributed by atoms with van der Waals surface area (Å²) in [4.78, 5) is 0. The molecule has 0 fully saturated rings. The molecule has 3 heteroatoms. The van der Waals surface area contributed by atoms with Crippen molar-refractivity contribution in [2.45, 2.75) is 109 Å². The van der Waals surface area contributed by atoms with Gasteiger partial charge in [-0.05, 0) is 85.2 Å². The van der Waals surface area contributed by atoms with E-state index in [2.05, 4.69) is 92.0 Å². The Hall–Kier alpha value is -0.120. The van der Waals surface area contributed by atoms with Crippen molar-refractivity contribution in [1.29, 1.82) is 0 Å². The van der Waals surface area contributed by atoms with Gasteiger partial charge >= 0.3 is 0 Å². The Labute approximate surface area is 221 Å². The van der Waals surface area contributed by atoms with E-state index in [1.165, 1.54) is 120 Å². The van der Waals surface area contributed by atoms with E-state index in [4.69, 9.17) is 0 Å². The molecule has 0 N–H and O–H groups in total. The molecule has 0 bridgehead atoms. The summed E-state index contributed by atoms with van der Waals surface area (Å²) in [5.41, 5.74) is 6.06. The van der Waals surface area contributed by atoms with Crippen LogP contribution in [0.15, 0.2) is 43.7 Å². The number of fused-ring (bicyclic) bond motifs is 3. The summed E-state index contributed by atoms with van der Waals surface area (Å²) in [7, 11) is 0. The minimum atomic E-state index is 0.118. The second kappa shape index (κ2) is 13.1. The molecular formula is C29H39Br3. The molecule has 0 radical (unpaired) electrons. The normalized spacial score (nSPS) is 13.9. The molecule has 0 saturated heterocycles. The largest absolute Gasteiger partial charge is 0.0654 e. The lowest BCUT2D eigenvalue weighted by Gasteiger charge is -2.34. The van der Waals surface area contributed by atoms with Gasteiger partial charge in [-0.25, -0.2) is 0 Å². The molecule has 0 atom stereocenters. The minimum Gasteiger partial charge on any atom is -0.0654 e. The average molecular weight is 627 g/mol. The van der Waals surface area contributed by atoms with Crippen molar-refractivity contribution in [2.24, 2.45) is 0 Å². The molecule has 0 spiro atoms. The van der Waals surface area contributed by atoms with Crippen molar-refractivity contribution in [2.75, 3.05) is 0 Å². The van der Waals surface area contributed by atoms with E-state index in [0.29, 0.717) is 0 Å². The predicted octanol–water partition coefficient (Wildman–Crippen LogP) is 11.7. The molecule has 32 heavy (non-hydrogen) atoms. The Bertz CT molecular complexity index is 855. The van der Waals surface area contributed by atoms with Crippen LogP contribution in [0.1, 0.15) is 115 Å². The first-order chi connectivity index (χ1) is 15.5. The van der Waals surface area contributed by atoms with Crippen LogP contribution in [-0.2, 0) is 5.41 Å². The molecule has 3 rings (SSSR count). The molecule has 2 aromatic carbocycles. The molecule has 0 amide bonds. The van der Waals surface area contributed by atoms with Crippen LogP contribution in [0.25, 0.3) is 11.1 Å². The number of hydrogen-bond donors (Lipinski definition) is 0. The van der Waals surface area contributed by atoms with Crippen LogP contribution in [0.4, 0.5) is 0 Å². The lowest BCUT2D eigenvalue weighted by Crippen LogP contribution is -2.26. The van der Waals surface area contributed by atoms with Gasteiger partial charge in [0, 0.05) is 18.8 Å². The van der Waals surface area contributed by atoms with Crippen molar-refractivity contribution in [1.82, 2.24) is 0 Å². The number of unbranched alkanes of at least 4 members (excludes halogenated alkanes) is 10. The van der Waals surface area contributed by atoms with Crippen LogP contribution in [0.5, 0.6) is 0 Å². The van der Waals surface area contributed by atoms with Crippen molar-refractivity contribution in [3.8, 4) is 11.1 Å². The summed E-state index contributed by atoms with van der Waals surface area (Å²) in [6.45, 7) is 4.60. The van der Waals surface area contributed by atoms with E-state index in [-0.39, 0.29) is 5.41 Å². The van der Waals surface area contributed by atoms with Crippen molar-refractivity contribution < 1.29 is 0 Å². The van der Waals surface area contributed by atoms with Gasteiger partial charge in [0.2, 0.25) is 0 Å². The highest BCUT2D eigenvalue weighted by Crippen LogP contribution is 2.57. The van der Waals surface area contributed by atoms with Gasteiger partial charge in [-0.1, -0.05) is 119 Å². The van der Waals surface area contributed by atoms with Crippen LogP contribution < -0.4 is 0 Å². The number of halogens is 3. The Kier molecular flexibility index (Phi) is 10.8. The average Bonchev–Trinajstić information content (AvgIpc) is 3.05. The van der Waals surface area contributed by atoms with Crippen LogP contribution in [0.2, 0.25) is 0 Å². The van der Waals surface area contributed by atoms with Gasteiger partial charge in [0.05, 0.1) is 0 Å². The quantitative estimate of drug-likeness (QED) is 0.183. The summed E-state index contributed by atoms with van der Waals surface area (Å²) >= 11 is 11.6. The highest BCUT2D eigenvalue weighted by Gasteiger charge is 2.44. The lowest BCUT2D eigenvalue weighted by molar-refractivity contribution is 0.396. The third kappa shape index (κ3) is 6.11. The van der Waals surface area contributed by atoms with Gasteiger partial charge in [0.15, 0.2) is 0 Å². The molecule has 0 nitrogen and oxygen atoms in total. The molecule has 176 valence electrons. The zero-order valence-corrected chi connectivity index (χ0v) is 24.7. The van der Waals surface area contributed by atoms with Gasteiger partial charge in [-0.15, -0.1) is 0 Å². The molecule has 0 heterocycles. The van der Waals surface area contributed by atoms with Crippen molar-refractivity contribution >= 4 is 47.8 Å². The standard InChI is InChI=1S/C29H39Br3/c1-3-5-7-9-11-13-19-29(20-14-12-10-8-6-4-2)25-21-22(30)15-16-23(25)24-17-18-26(31)28(32)27(24)29/h15-18,21H,3-14,19-20H2,1-2H3. The Morgan fingerprint density at radius 2 is 1.16 bits per heavy atom. The fourth-order valence-electron chi connectivity index (χ4n) is 5.58. The Morgan fingerprint density at radius 1 is 0.625 bits per heavy atom. The highest BCUT2D eigenvalue weighted by atomic mass is 79.9. The molecule has 0 aromatic heterocycles. The number of rotatable bonds is 14. The van der Waals surface area contributed by atoms with Crippen LogP contribution in [0.3, 0.4) is 0 Å². The van der Waals surface area contributed by atoms with Crippen LogP contribution in [-0.4, -0.2) is 0 Å². The van der Waals surface area contributed by atoms with E-state index >= 15 is 0 Å². The second-order valence-electron chi connectivity index (χ2n) is 9.59. The van der Waals surface area contributed by atoms with Gasteiger partial charge in [-0.2, -0.15) is 0 Å². The summed E-state index contributed by atoms with van der Waals surface area (Å²) in [6, 6.07) is 11.5. The summed E-state index contributed by atoms with van der Waals surface area (Å²) < 4.78 is 3.65. The Morgan fingerprint density at radius 3 is 1.75 bits per heavy atom. The third-order valence-corrected chi connectivity index (χ3v) is 9.78. The van der Waals surface area contributed by atoms with Gasteiger partial charge in [0.1, 0.15) is 0 Å².